The number of carbonyl (C=O) groups excluding carboxylic acids is 5. The lowest BCUT2D eigenvalue weighted by atomic mass is 9.83. The summed E-state index contributed by atoms with van der Waals surface area (Å²) in [6.07, 6.45) is -0.0247. The summed E-state index contributed by atoms with van der Waals surface area (Å²) in [5, 5.41) is 0. The van der Waals surface area contributed by atoms with Gasteiger partial charge in [0.05, 0.1) is 11.6 Å². The molecule has 2 aromatic rings. The zero-order valence-electron chi connectivity index (χ0n) is 22.2. The van der Waals surface area contributed by atoms with Crippen molar-refractivity contribution in [2.75, 3.05) is 13.2 Å². The third kappa shape index (κ3) is 4.47. The number of esters is 2. The SMILES string of the molecule is CC(=O)Oc1c(C)c2c(c3c1[C@H](COC(=O)c1ccccc1)N1C(=O)CN(C(C)=O)C(=O)[C@@H]1C3)OC(C)(C)O2. The number of fused-ring (bicyclic) bond motifs is 4. The van der Waals surface area contributed by atoms with Crippen LogP contribution in [0, 0.1) is 6.92 Å². The van der Waals surface area contributed by atoms with Gasteiger partial charge in [0.25, 0.3) is 5.91 Å². The average Bonchev–Trinajstić information content (AvgIpc) is 3.22. The van der Waals surface area contributed by atoms with Gasteiger partial charge in [0.1, 0.15) is 24.9 Å². The van der Waals surface area contributed by atoms with Crippen molar-refractivity contribution in [3.63, 3.8) is 0 Å². The Balaban J connectivity index is 1.67. The quantitative estimate of drug-likeness (QED) is 0.427. The van der Waals surface area contributed by atoms with Crippen molar-refractivity contribution in [2.45, 2.75) is 58.9 Å². The molecule has 2 atom stereocenters. The Morgan fingerprint density at radius 1 is 1.05 bits per heavy atom. The normalized spacial score (nSPS) is 20.7. The number of piperazine rings is 1. The van der Waals surface area contributed by atoms with Crippen molar-refractivity contribution in [3.8, 4) is 17.2 Å². The Hall–Kier alpha value is -4.41. The number of imide groups is 1. The van der Waals surface area contributed by atoms with Gasteiger partial charge in [0, 0.05) is 50.8 Å². The highest BCUT2D eigenvalue weighted by atomic mass is 16.7. The highest BCUT2D eigenvalue weighted by Gasteiger charge is 2.52. The van der Waals surface area contributed by atoms with Gasteiger partial charge < -0.3 is 23.8 Å². The van der Waals surface area contributed by atoms with Crippen LogP contribution >= 0.6 is 0 Å². The van der Waals surface area contributed by atoms with Crippen LogP contribution in [0.5, 0.6) is 17.2 Å². The Morgan fingerprint density at radius 2 is 1.72 bits per heavy atom. The lowest BCUT2D eigenvalue weighted by molar-refractivity contribution is -0.165. The van der Waals surface area contributed by atoms with E-state index in [1.165, 1.54) is 18.7 Å². The van der Waals surface area contributed by atoms with Crippen LogP contribution in [0.4, 0.5) is 0 Å². The first-order valence-corrected chi connectivity index (χ1v) is 12.5. The van der Waals surface area contributed by atoms with Crippen LogP contribution in [0.25, 0.3) is 0 Å². The smallest absolute Gasteiger partial charge is 0.338 e. The molecular formula is C28H28N2O9. The molecule has 0 radical (unpaired) electrons. The topological polar surface area (TPSA) is 129 Å². The molecule has 1 saturated heterocycles. The summed E-state index contributed by atoms with van der Waals surface area (Å²) >= 11 is 0. The Kier molecular flexibility index (Phi) is 6.32. The number of carbonyl (C=O) groups is 5. The number of amides is 3. The zero-order valence-corrected chi connectivity index (χ0v) is 22.2. The summed E-state index contributed by atoms with van der Waals surface area (Å²) in [7, 11) is 0. The predicted octanol–water partition coefficient (Wildman–Crippen LogP) is 2.47. The van der Waals surface area contributed by atoms with E-state index in [0.29, 0.717) is 33.8 Å². The van der Waals surface area contributed by atoms with Crippen LogP contribution in [0.1, 0.15) is 60.8 Å². The van der Waals surface area contributed by atoms with E-state index in [1.54, 1.807) is 51.1 Å². The van der Waals surface area contributed by atoms with Crippen molar-refractivity contribution < 1.29 is 42.9 Å². The van der Waals surface area contributed by atoms with Gasteiger partial charge in [-0.3, -0.25) is 24.1 Å². The minimum absolute atomic E-state index is 0.0247. The van der Waals surface area contributed by atoms with Crippen molar-refractivity contribution in [3.05, 3.63) is 52.6 Å². The molecule has 1 fully saturated rings. The Morgan fingerprint density at radius 3 is 2.36 bits per heavy atom. The van der Waals surface area contributed by atoms with E-state index in [9.17, 15) is 24.0 Å². The monoisotopic (exact) mass is 536 g/mol. The molecule has 39 heavy (non-hydrogen) atoms. The molecule has 204 valence electrons. The third-order valence-corrected chi connectivity index (χ3v) is 6.97. The summed E-state index contributed by atoms with van der Waals surface area (Å²) in [5.41, 5.74) is 1.63. The number of rotatable bonds is 4. The van der Waals surface area contributed by atoms with E-state index in [2.05, 4.69) is 0 Å². The summed E-state index contributed by atoms with van der Waals surface area (Å²) in [6.45, 7) is 6.79. The molecular weight excluding hydrogens is 508 g/mol. The maximum absolute atomic E-state index is 13.5. The number of benzene rings is 2. The van der Waals surface area contributed by atoms with Crippen LogP contribution in [-0.4, -0.2) is 64.4 Å². The van der Waals surface area contributed by atoms with Crippen LogP contribution in [0.15, 0.2) is 30.3 Å². The minimum atomic E-state index is -1.08. The molecule has 0 bridgehead atoms. The third-order valence-electron chi connectivity index (χ3n) is 6.97. The fourth-order valence-corrected chi connectivity index (χ4v) is 5.36. The second kappa shape index (κ2) is 9.40. The molecule has 0 N–H and O–H groups in total. The maximum Gasteiger partial charge on any atom is 0.338 e. The molecule has 3 aliphatic rings. The van der Waals surface area contributed by atoms with E-state index in [1.807, 2.05) is 0 Å². The average molecular weight is 537 g/mol. The molecule has 0 saturated carbocycles. The fraction of sp³-hybridized carbons (Fsp3) is 0.393. The molecule has 11 heteroatoms. The highest BCUT2D eigenvalue weighted by molar-refractivity contribution is 6.05. The first-order chi connectivity index (χ1) is 18.4. The molecule has 5 rings (SSSR count). The van der Waals surface area contributed by atoms with Crippen molar-refractivity contribution in [1.29, 1.82) is 0 Å². The largest absolute Gasteiger partial charge is 0.460 e. The Labute approximate surface area is 224 Å². The molecule has 11 nitrogen and oxygen atoms in total. The van der Waals surface area contributed by atoms with Gasteiger partial charge in [-0.15, -0.1) is 0 Å². The van der Waals surface area contributed by atoms with E-state index >= 15 is 0 Å². The minimum Gasteiger partial charge on any atom is -0.460 e. The molecule has 3 aliphatic heterocycles. The molecule has 3 amide bonds. The standard InChI is InChI=1S/C28H28N2O9/c1-14-23(37-16(3)32)22-18(25-24(14)38-28(4,5)39-25)11-19-26(34)29(15(2)31)12-21(33)30(19)20(22)13-36-27(35)17-9-7-6-8-10-17/h6-10,19-20H,11-13H2,1-5H3/t19-,20-/m0/s1. The van der Waals surface area contributed by atoms with Crippen LogP contribution in [-0.2, 0) is 30.3 Å². The van der Waals surface area contributed by atoms with Gasteiger partial charge in [0.2, 0.25) is 17.6 Å². The predicted molar refractivity (Wildman–Crippen MR) is 134 cm³/mol. The summed E-state index contributed by atoms with van der Waals surface area (Å²) in [5.74, 6) is -3.08. The first-order valence-electron chi connectivity index (χ1n) is 12.5. The van der Waals surface area contributed by atoms with Gasteiger partial charge in [-0.1, -0.05) is 18.2 Å². The van der Waals surface area contributed by atoms with Crippen molar-refractivity contribution in [2.24, 2.45) is 0 Å². The van der Waals surface area contributed by atoms with Crippen molar-refractivity contribution in [1.82, 2.24) is 9.80 Å². The lowest BCUT2D eigenvalue weighted by Gasteiger charge is -2.47. The number of ether oxygens (including phenoxy) is 4. The summed E-state index contributed by atoms with van der Waals surface area (Å²) in [6, 6.07) is 6.24. The number of nitrogens with zero attached hydrogens (tertiary/aromatic N) is 2. The molecule has 0 spiro atoms. The second-order valence-electron chi connectivity index (χ2n) is 10.1. The second-order valence-corrected chi connectivity index (χ2v) is 10.1. The van der Waals surface area contributed by atoms with Crippen molar-refractivity contribution >= 4 is 29.7 Å². The molecule has 3 heterocycles. The van der Waals surface area contributed by atoms with E-state index in [0.717, 1.165) is 4.90 Å². The van der Waals surface area contributed by atoms with Gasteiger partial charge in [-0.2, -0.15) is 0 Å². The van der Waals surface area contributed by atoms with Crippen LogP contribution < -0.4 is 14.2 Å². The van der Waals surface area contributed by atoms with Gasteiger partial charge >= 0.3 is 11.9 Å². The zero-order chi connectivity index (χ0) is 28.2. The highest BCUT2D eigenvalue weighted by Crippen LogP contribution is 2.55. The van der Waals surface area contributed by atoms with E-state index in [4.69, 9.17) is 18.9 Å². The van der Waals surface area contributed by atoms with Crippen LogP contribution in [0.3, 0.4) is 0 Å². The number of hydrogen-bond donors (Lipinski definition) is 0. The number of hydrogen-bond acceptors (Lipinski definition) is 9. The molecule has 0 aromatic heterocycles. The van der Waals surface area contributed by atoms with Gasteiger partial charge in [-0.25, -0.2) is 4.79 Å². The van der Waals surface area contributed by atoms with Crippen LogP contribution in [0.2, 0.25) is 0 Å². The van der Waals surface area contributed by atoms with Gasteiger partial charge in [0.15, 0.2) is 11.5 Å². The van der Waals surface area contributed by atoms with E-state index < -0.39 is 54.1 Å². The summed E-state index contributed by atoms with van der Waals surface area (Å²) in [4.78, 5) is 66.4. The maximum atomic E-state index is 13.5. The first kappa shape index (κ1) is 26.2. The van der Waals surface area contributed by atoms with E-state index in [-0.39, 0.29) is 18.8 Å². The summed E-state index contributed by atoms with van der Waals surface area (Å²) < 4.78 is 23.5. The molecule has 2 aromatic carbocycles. The lowest BCUT2D eigenvalue weighted by Crippen LogP contribution is -2.64. The Bertz CT molecular complexity index is 1420. The molecule has 0 unspecified atom stereocenters. The molecule has 0 aliphatic carbocycles. The van der Waals surface area contributed by atoms with Gasteiger partial charge in [-0.05, 0) is 19.1 Å². The fourth-order valence-electron chi connectivity index (χ4n) is 5.36.